The molecule has 2 saturated carbocycles. The Labute approximate surface area is 161 Å². The molecule has 2 aliphatic carbocycles. The van der Waals surface area contributed by atoms with Crippen molar-refractivity contribution in [2.75, 3.05) is 6.61 Å². The van der Waals surface area contributed by atoms with Crippen LogP contribution >= 0.6 is 0 Å². The normalized spacial score (nSPS) is 34.5. The van der Waals surface area contributed by atoms with Gasteiger partial charge in [0.05, 0.1) is 18.0 Å². The molecule has 0 amide bonds. The summed E-state index contributed by atoms with van der Waals surface area (Å²) in [5.74, 6) is 0.395. The smallest absolute Gasteiger partial charge is 0.145 e. The van der Waals surface area contributed by atoms with Gasteiger partial charge in [-0.2, -0.15) is 4.40 Å². The summed E-state index contributed by atoms with van der Waals surface area (Å²) in [7, 11) is -1.28. The molecule has 5 atom stereocenters. The molecule has 0 aromatic heterocycles. The van der Waals surface area contributed by atoms with Crippen molar-refractivity contribution in [2.24, 2.45) is 26.6 Å². The maximum atomic E-state index is 13.2. The van der Waals surface area contributed by atoms with E-state index in [1.807, 2.05) is 30.3 Å². The summed E-state index contributed by atoms with van der Waals surface area (Å²) in [6.07, 6.45) is 4.02. The van der Waals surface area contributed by atoms with Crippen molar-refractivity contribution in [3.63, 3.8) is 0 Å². The van der Waals surface area contributed by atoms with Crippen LogP contribution in [-0.2, 0) is 15.7 Å². The highest BCUT2D eigenvalue weighted by atomic mass is 32.2. The van der Waals surface area contributed by atoms with Crippen LogP contribution in [0, 0.1) is 22.2 Å². The van der Waals surface area contributed by atoms with Gasteiger partial charge in [0.15, 0.2) is 0 Å². The molecule has 2 bridgehead atoms. The zero-order valence-electron chi connectivity index (χ0n) is 17.0. The number of ether oxygens (including phenoxy) is 1. The van der Waals surface area contributed by atoms with Crippen molar-refractivity contribution in [1.29, 1.82) is 0 Å². The lowest BCUT2D eigenvalue weighted by Crippen LogP contribution is -2.44. The molecule has 3 nitrogen and oxygen atoms in total. The molecule has 0 saturated heterocycles. The zero-order valence-corrected chi connectivity index (χ0v) is 17.8. The summed E-state index contributed by atoms with van der Waals surface area (Å²) >= 11 is 0. The maximum Gasteiger partial charge on any atom is 0.145 e. The molecule has 1 aromatic carbocycles. The van der Waals surface area contributed by atoms with Crippen molar-refractivity contribution in [3.8, 4) is 0 Å². The largest absolute Gasteiger partial charge is 0.376 e. The molecule has 4 heteroatoms. The molecule has 0 spiro atoms. The molecule has 144 valence electrons. The van der Waals surface area contributed by atoms with E-state index < -0.39 is 11.0 Å². The van der Waals surface area contributed by atoms with Crippen LogP contribution in [0.15, 0.2) is 34.7 Å². The quantitative estimate of drug-likeness (QED) is 0.677. The number of hydrogen-bond donors (Lipinski definition) is 0. The van der Waals surface area contributed by atoms with Crippen LogP contribution in [0.4, 0.5) is 0 Å². The highest BCUT2D eigenvalue weighted by molar-refractivity contribution is 7.84. The Kier molecular flexibility index (Phi) is 5.22. The van der Waals surface area contributed by atoms with E-state index in [1.165, 1.54) is 0 Å². The number of nitrogens with zero attached hydrogens (tertiary/aromatic N) is 1. The Morgan fingerprint density at radius 3 is 2.50 bits per heavy atom. The molecule has 26 heavy (non-hydrogen) atoms. The van der Waals surface area contributed by atoms with Crippen LogP contribution in [0.1, 0.15) is 59.9 Å². The van der Waals surface area contributed by atoms with Gasteiger partial charge in [-0.25, -0.2) is 4.21 Å². The molecule has 2 aliphatic rings. The Morgan fingerprint density at radius 2 is 1.88 bits per heavy atom. The van der Waals surface area contributed by atoms with Gasteiger partial charge in [0.25, 0.3) is 0 Å². The van der Waals surface area contributed by atoms with E-state index in [1.54, 1.807) is 6.21 Å². The van der Waals surface area contributed by atoms with E-state index in [2.05, 4.69) is 45.9 Å². The highest BCUT2D eigenvalue weighted by Crippen LogP contribution is 2.67. The van der Waals surface area contributed by atoms with Crippen molar-refractivity contribution in [1.82, 2.24) is 0 Å². The second kappa shape index (κ2) is 6.87. The van der Waals surface area contributed by atoms with Crippen LogP contribution in [0.5, 0.6) is 0 Å². The van der Waals surface area contributed by atoms with E-state index in [0.29, 0.717) is 12.5 Å². The van der Waals surface area contributed by atoms with Gasteiger partial charge in [-0.05, 0) is 35.2 Å². The van der Waals surface area contributed by atoms with E-state index in [4.69, 9.17) is 4.74 Å². The van der Waals surface area contributed by atoms with Gasteiger partial charge >= 0.3 is 0 Å². The number of benzene rings is 1. The lowest BCUT2D eigenvalue weighted by Gasteiger charge is -2.40. The average Bonchev–Trinajstić information content (AvgIpc) is 2.89. The SMILES string of the molecule is CC(C)(C)CO[C@@H]1[C@H](S(=O)/N=C/c2ccccc2)[C@H]2CC[C@]1(C)C2(C)C. The molecule has 0 aliphatic heterocycles. The molecular weight excluding hydrogens is 342 g/mol. The lowest BCUT2D eigenvalue weighted by molar-refractivity contribution is -0.0674. The predicted octanol–water partition coefficient (Wildman–Crippen LogP) is 5.03. The minimum absolute atomic E-state index is 0.00392. The summed E-state index contributed by atoms with van der Waals surface area (Å²) in [5.41, 5.74) is 1.27. The molecule has 0 N–H and O–H groups in total. The first-order chi connectivity index (χ1) is 12.1. The fraction of sp³-hybridized carbons (Fsp3) is 0.682. The number of rotatable bonds is 5. The van der Waals surface area contributed by atoms with Crippen LogP contribution in [0.2, 0.25) is 0 Å². The molecule has 1 aromatic rings. The van der Waals surface area contributed by atoms with Gasteiger partial charge in [-0.1, -0.05) is 71.9 Å². The summed E-state index contributed by atoms with van der Waals surface area (Å²) in [6, 6.07) is 9.90. The van der Waals surface area contributed by atoms with Gasteiger partial charge < -0.3 is 4.74 Å². The van der Waals surface area contributed by atoms with E-state index >= 15 is 0 Å². The third kappa shape index (κ3) is 3.43. The summed E-state index contributed by atoms with van der Waals surface area (Å²) < 4.78 is 24.1. The minimum atomic E-state index is -1.28. The van der Waals surface area contributed by atoms with E-state index in [0.717, 1.165) is 18.4 Å². The average molecular weight is 376 g/mol. The summed E-state index contributed by atoms with van der Waals surface area (Å²) in [4.78, 5) is 0. The van der Waals surface area contributed by atoms with Crippen LogP contribution in [0.3, 0.4) is 0 Å². The lowest BCUT2D eigenvalue weighted by atomic mass is 9.70. The van der Waals surface area contributed by atoms with Gasteiger partial charge in [0, 0.05) is 11.6 Å². The van der Waals surface area contributed by atoms with Crippen molar-refractivity contribution in [3.05, 3.63) is 35.9 Å². The van der Waals surface area contributed by atoms with Crippen molar-refractivity contribution < 1.29 is 8.95 Å². The molecule has 1 unspecified atom stereocenters. The van der Waals surface area contributed by atoms with Gasteiger partial charge in [0.1, 0.15) is 11.0 Å². The third-order valence-electron chi connectivity index (χ3n) is 6.73. The fourth-order valence-corrected chi connectivity index (χ4v) is 6.52. The first-order valence-corrected chi connectivity index (χ1v) is 10.8. The minimum Gasteiger partial charge on any atom is -0.376 e. The fourth-order valence-electron chi connectivity index (χ4n) is 4.81. The summed E-state index contributed by atoms with van der Waals surface area (Å²) in [6.45, 7) is 14.2. The van der Waals surface area contributed by atoms with E-state index in [-0.39, 0.29) is 27.6 Å². The molecule has 0 heterocycles. The Balaban J connectivity index is 1.85. The van der Waals surface area contributed by atoms with Gasteiger partial charge in [0.2, 0.25) is 0 Å². The monoisotopic (exact) mass is 375 g/mol. The van der Waals surface area contributed by atoms with E-state index in [9.17, 15) is 4.21 Å². The first-order valence-electron chi connectivity index (χ1n) is 9.68. The Hall–Kier alpha value is -1.00. The van der Waals surface area contributed by atoms with Gasteiger partial charge in [-0.3, -0.25) is 0 Å². The zero-order chi connectivity index (χ0) is 19.2. The van der Waals surface area contributed by atoms with Gasteiger partial charge in [-0.15, -0.1) is 0 Å². The molecule has 2 fully saturated rings. The maximum absolute atomic E-state index is 13.2. The second-order valence-electron chi connectivity index (χ2n) is 9.96. The molecule has 3 rings (SSSR count). The van der Waals surface area contributed by atoms with Crippen molar-refractivity contribution >= 4 is 17.2 Å². The van der Waals surface area contributed by atoms with Crippen LogP contribution < -0.4 is 0 Å². The Morgan fingerprint density at radius 1 is 1.23 bits per heavy atom. The topological polar surface area (TPSA) is 38.7 Å². The second-order valence-corrected chi connectivity index (χ2v) is 11.3. The number of hydrogen-bond acceptors (Lipinski definition) is 2. The third-order valence-corrected chi connectivity index (χ3v) is 8.09. The summed E-state index contributed by atoms with van der Waals surface area (Å²) in [5, 5.41) is -0.0222. The van der Waals surface area contributed by atoms with Crippen LogP contribution in [0.25, 0.3) is 0 Å². The highest BCUT2D eigenvalue weighted by Gasteiger charge is 2.68. The Bertz CT molecular complexity index is 692. The first kappa shape index (κ1) is 19.8. The predicted molar refractivity (Wildman–Crippen MR) is 110 cm³/mol. The molecule has 0 radical (unpaired) electrons. The number of fused-ring (bicyclic) bond motifs is 2. The van der Waals surface area contributed by atoms with Crippen molar-refractivity contribution in [2.45, 2.75) is 65.7 Å². The van der Waals surface area contributed by atoms with Crippen LogP contribution in [-0.4, -0.2) is 28.4 Å². The standard InChI is InChI=1S/C22H33NO2S/c1-20(2,3)15-25-19-18(17-12-13-22(19,6)21(17,4)5)26(24)23-14-16-10-8-7-9-11-16/h7-11,14,17-19H,12-13,15H2,1-6H3/b23-14+/t17-,18-,19-,22+,26?/m1/s1. The molecular formula is C22H33NO2S.